The zero-order chi connectivity index (χ0) is 17.4. The summed E-state index contributed by atoms with van der Waals surface area (Å²) < 4.78 is 11.9. The van der Waals surface area contributed by atoms with Crippen molar-refractivity contribution in [2.45, 2.75) is 38.9 Å². The number of aromatic nitrogens is 1. The zero-order valence-corrected chi connectivity index (χ0v) is 13.8. The van der Waals surface area contributed by atoms with E-state index in [2.05, 4.69) is 4.98 Å². The Morgan fingerprint density at radius 1 is 1.35 bits per heavy atom. The van der Waals surface area contributed by atoms with Crippen LogP contribution in [0.25, 0.3) is 6.08 Å². The van der Waals surface area contributed by atoms with E-state index in [1.807, 2.05) is 27.7 Å². The highest BCUT2D eigenvalue weighted by Crippen LogP contribution is 2.38. The van der Waals surface area contributed by atoms with Gasteiger partial charge in [-0.1, -0.05) is 6.08 Å². The lowest BCUT2D eigenvalue weighted by molar-refractivity contribution is 0.00578. The second-order valence-corrected chi connectivity index (χ2v) is 6.52. The number of rotatable bonds is 4. The molecule has 5 N–H and O–H groups in total. The molecule has 0 unspecified atom stereocenters. The Kier molecular flexibility index (Phi) is 4.52. The van der Waals surface area contributed by atoms with Gasteiger partial charge in [0.1, 0.15) is 5.82 Å². The fraction of sp³-hybridized carbons (Fsp3) is 0.467. The average molecular weight is 319 g/mol. The van der Waals surface area contributed by atoms with Crippen molar-refractivity contribution in [1.82, 2.24) is 4.98 Å². The predicted molar refractivity (Wildman–Crippen MR) is 88.7 cm³/mol. The van der Waals surface area contributed by atoms with E-state index in [1.165, 1.54) is 12.3 Å². The molecule has 1 aromatic heterocycles. The fourth-order valence-electron chi connectivity index (χ4n) is 2.14. The predicted octanol–water partition coefficient (Wildman–Crippen LogP) is 1.34. The van der Waals surface area contributed by atoms with E-state index in [9.17, 15) is 4.79 Å². The van der Waals surface area contributed by atoms with Gasteiger partial charge in [-0.3, -0.25) is 0 Å². The quantitative estimate of drug-likeness (QED) is 0.716. The Morgan fingerprint density at radius 3 is 2.39 bits per heavy atom. The largest absolute Gasteiger partial charge is 0.491 e. The van der Waals surface area contributed by atoms with E-state index < -0.39 is 24.3 Å². The van der Waals surface area contributed by atoms with Crippen LogP contribution in [0.15, 0.2) is 17.7 Å². The SMILES string of the molecule is CC1(C)OB(C(=Cc2cc(C(=O)O)cnc2N)CN)OC1(C)C. The first kappa shape index (κ1) is 17.5. The standard InChI is InChI=1S/C15H22BN3O4/c1-14(2)15(3,4)23-16(22-14)11(7-17)6-9-5-10(13(20)21)8-19-12(9)18/h5-6,8H,7,17H2,1-4H3,(H2,18,19)(H,20,21). The van der Waals surface area contributed by atoms with E-state index in [0.717, 1.165) is 0 Å². The van der Waals surface area contributed by atoms with Crippen LogP contribution in [0.3, 0.4) is 0 Å². The molecule has 0 spiro atoms. The Bertz CT molecular complexity index is 642. The van der Waals surface area contributed by atoms with Gasteiger partial charge in [-0.15, -0.1) is 0 Å². The average Bonchev–Trinajstić information content (AvgIpc) is 2.66. The molecule has 0 aliphatic carbocycles. The van der Waals surface area contributed by atoms with E-state index in [0.29, 0.717) is 11.0 Å². The summed E-state index contributed by atoms with van der Waals surface area (Å²) in [5, 5.41) is 9.06. The van der Waals surface area contributed by atoms with Gasteiger partial charge >= 0.3 is 13.1 Å². The van der Waals surface area contributed by atoms with Gasteiger partial charge in [0.25, 0.3) is 0 Å². The Labute approximate surface area is 135 Å². The van der Waals surface area contributed by atoms with Crippen LogP contribution in [-0.2, 0) is 9.31 Å². The second kappa shape index (κ2) is 5.95. The molecule has 1 aromatic rings. The van der Waals surface area contributed by atoms with Crippen molar-refractivity contribution in [1.29, 1.82) is 0 Å². The van der Waals surface area contributed by atoms with E-state index in [4.69, 9.17) is 25.9 Å². The molecule has 0 atom stereocenters. The maximum absolute atomic E-state index is 11.1. The highest BCUT2D eigenvalue weighted by molar-refractivity contribution is 6.56. The van der Waals surface area contributed by atoms with Crippen LogP contribution < -0.4 is 11.5 Å². The molecule has 2 heterocycles. The van der Waals surface area contributed by atoms with Gasteiger partial charge in [-0.25, -0.2) is 9.78 Å². The fourth-order valence-corrected chi connectivity index (χ4v) is 2.14. The number of nitrogens with two attached hydrogens (primary N) is 2. The molecule has 0 aromatic carbocycles. The highest BCUT2D eigenvalue weighted by Gasteiger charge is 2.52. The molecule has 1 saturated heterocycles. The summed E-state index contributed by atoms with van der Waals surface area (Å²) in [6, 6.07) is 1.45. The molecule has 0 amide bonds. The van der Waals surface area contributed by atoms with E-state index >= 15 is 0 Å². The normalized spacial score (nSPS) is 19.9. The third-order valence-corrected chi connectivity index (χ3v) is 4.33. The van der Waals surface area contributed by atoms with Gasteiger partial charge in [-0.2, -0.15) is 0 Å². The topological polar surface area (TPSA) is 121 Å². The van der Waals surface area contributed by atoms with E-state index in [1.54, 1.807) is 6.08 Å². The molecule has 124 valence electrons. The lowest BCUT2D eigenvalue weighted by atomic mass is 9.77. The molecule has 1 aliphatic heterocycles. The second-order valence-electron chi connectivity index (χ2n) is 6.52. The number of aromatic carboxylic acids is 1. The van der Waals surface area contributed by atoms with Gasteiger partial charge in [0.05, 0.1) is 16.8 Å². The van der Waals surface area contributed by atoms with Crippen LogP contribution >= 0.6 is 0 Å². The monoisotopic (exact) mass is 319 g/mol. The molecule has 1 fully saturated rings. The molecular weight excluding hydrogens is 297 g/mol. The maximum atomic E-state index is 11.1. The first-order valence-electron chi connectivity index (χ1n) is 7.32. The van der Waals surface area contributed by atoms with Crippen LogP contribution in [0, 0.1) is 0 Å². The van der Waals surface area contributed by atoms with Gasteiger partial charge in [0, 0.05) is 18.3 Å². The molecule has 0 radical (unpaired) electrons. The van der Waals surface area contributed by atoms with Crippen molar-refractivity contribution in [3.8, 4) is 0 Å². The number of carboxylic acids is 1. The number of pyridine rings is 1. The molecule has 2 rings (SSSR count). The lowest BCUT2D eigenvalue weighted by Crippen LogP contribution is -2.41. The van der Waals surface area contributed by atoms with Crippen LogP contribution in [0.4, 0.5) is 5.82 Å². The molecule has 0 bridgehead atoms. The third-order valence-electron chi connectivity index (χ3n) is 4.33. The summed E-state index contributed by atoms with van der Waals surface area (Å²) >= 11 is 0. The van der Waals surface area contributed by atoms with E-state index in [-0.39, 0.29) is 17.9 Å². The van der Waals surface area contributed by atoms with Crippen LogP contribution in [-0.4, -0.2) is 40.9 Å². The van der Waals surface area contributed by atoms with Crippen molar-refractivity contribution in [2.75, 3.05) is 12.3 Å². The summed E-state index contributed by atoms with van der Waals surface area (Å²) in [5.41, 5.74) is 11.9. The molecule has 7 nitrogen and oxygen atoms in total. The maximum Gasteiger partial charge on any atom is 0.491 e. The number of hydrogen-bond acceptors (Lipinski definition) is 6. The first-order valence-corrected chi connectivity index (χ1v) is 7.32. The van der Waals surface area contributed by atoms with Crippen molar-refractivity contribution >= 4 is 25.0 Å². The van der Waals surface area contributed by atoms with Gasteiger partial charge < -0.3 is 25.9 Å². The van der Waals surface area contributed by atoms with Crippen LogP contribution in [0.2, 0.25) is 0 Å². The summed E-state index contributed by atoms with van der Waals surface area (Å²) in [4.78, 5) is 15.0. The number of carbonyl (C=O) groups is 1. The molecule has 1 aliphatic rings. The lowest BCUT2D eigenvalue weighted by Gasteiger charge is -2.32. The Morgan fingerprint density at radius 2 is 1.91 bits per heavy atom. The van der Waals surface area contributed by atoms with Crippen LogP contribution in [0.5, 0.6) is 0 Å². The first-order chi connectivity index (χ1) is 10.6. The number of nitrogen functional groups attached to an aromatic ring is 1. The number of hydrogen-bond donors (Lipinski definition) is 3. The van der Waals surface area contributed by atoms with Gasteiger partial charge in [-0.05, 0) is 39.2 Å². The minimum atomic E-state index is -1.07. The molecular formula is C15H22BN3O4. The van der Waals surface area contributed by atoms with Crippen molar-refractivity contribution in [3.05, 3.63) is 28.9 Å². The number of anilines is 1. The summed E-state index contributed by atoms with van der Waals surface area (Å²) in [6.45, 7) is 7.97. The molecule has 23 heavy (non-hydrogen) atoms. The Hall–Kier alpha value is -1.90. The van der Waals surface area contributed by atoms with Crippen molar-refractivity contribution < 1.29 is 19.2 Å². The smallest absolute Gasteiger partial charge is 0.478 e. The highest BCUT2D eigenvalue weighted by atomic mass is 16.7. The summed E-state index contributed by atoms with van der Waals surface area (Å²) in [7, 11) is -0.613. The van der Waals surface area contributed by atoms with Crippen molar-refractivity contribution in [2.24, 2.45) is 5.73 Å². The van der Waals surface area contributed by atoms with Gasteiger partial charge in [0.2, 0.25) is 0 Å². The minimum Gasteiger partial charge on any atom is -0.478 e. The van der Waals surface area contributed by atoms with Crippen LogP contribution in [0.1, 0.15) is 43.6 Å². The molecule has 0 saturated carbocycles. The van der Waals surface area contributed by atoms with Gasteiger partial charge in [0.15, 0.2) is 0 Å². The molecule has 8 heteroatoms. The minimum absolute atomic E-state index is 0.0516. The number of nitrogens with zero attached hydrogens (tertiary/aromatic N) is 1. The summed E-state index contributed by atoms with van der Waals surface area (Å²) in [5.74, 6) is -0.852. The summed E-state index contributed by atoms with van der Waals surface area (Å²) in [6.07, 6.45) is 2.89. The zero-order valence-electron chi connectivity index (χ0n) is 13.8. The third kappa shape index (κ3) is 3.39. The number of carboxylic acid groups (broad SMARTS) is 1. The van der Waals surface area contributed by atoms with Crippen molar-refractivity contribution in [3.63, 3.8) is 0 Å². The Balaban J connectivity index is 2.37.